The molecule has 2 aliphatic rings. The van der Waals surface area contributed by atoms with Gasteiger partial charge in [-0.05, 0) is 24.3 Å². The number of H-pyrrole nitrogens is 1. The van der Waals surface area contributed by atoms with Crippen LogP contribution in [0.5, 0.6) is 0 Å². The minimum Gasteiger partial charge on any atom is -0.375 e. The number of amides is 2. The van der Waals surface area contributed by atoms with E-state index in [-0.39, 0.29) is 42.9 Å². The van der Waals surface area contributed by atoms with Gasteiger partial charge in [-0.3, -0.25) is 9.59 Å². The number of aromatic amines is 1. The molecule has 5 rings (SSSR count). The van der Waals surface area contributed by atoms with Gasteiger partial charge < -0.3 is 19.5 Å². The zero-order valence-corrected chi connectivity index (χ0v) is 22.2. The van der Waals surface area contributed by atoms with E-state index in [9.17, 15) is 18.0 Å². The molecule has 0 saturated carbocycles. The number of carbonyl (C=O) groups is 2. The van der Waals surface area contributed by atoms with Gasteiger partial charge in [0.1, 0.15) is 5.03 Å². The normalized spacial score (nSPS) is 18.9. The highest BCUT2D eigenvalue weighted by atomic mass is 35.5. The molecule has 1 saturated heterocycles. The van der Waals surface area contributed by atoms with Gasteiger partial charge in [-0.2, -0.15) is 4.31 Å². The summed E-state index contributed by atoms with van der Waals surface area (Å²) in [7, 11) is -0.629. The van der Waals surface area contributed by atoms with E-state index in [2.05, 4.69) is 9.97 Å². The van der Waals surface area contributed by atoms with Crippen LogP contribution in [0.2, 0.25) is 5.02 Å². The Morgan fingerprint density at radius 3 is 2.83 bits per heavy atom. The SMILES string of the molecule is CN(C)C(=O)CC1CN(S(=O)(=O)c2cc3cc(Cl)ccc3[nH]2)CCN1C(=O)c1nc2c(s1)COCC2. The number of hydrogen-bond acceptors (Lipinski definition) is 7. The van der Waals surface area contributed by atoms with Crippen molar-refractivity contribution in [3.8, 4) is 0 Å². The number of thiazole rings is 1. The van der Waals surface area contributed by atoms with Gasteiger partial charge in [-0.25, -0.2) is 13.4 Å². The van der Waals surface area contributed by atoms with Crippen LogP contribution >= 0.6 is 22.9 Å². The summed E-state index contributed by atoms with van der Waals surface area (Å²) in [4.78, 5) is 37.5. The predicted molar refractivity (Wildman–Crippen MR) is 136 cm³/mol. The summed E-state index contributed by atoms with van der Waals surface area (Å²) < 4.78 is 33.8. The standard InChI is InChI=1S/C23H26ClN5O5S2/c1-27(2)21(30)11-16-12-28(36(32,33)20-10-14-9-15(24)3-4-17(14)25-20)6-7-29(16)23(31)22-26-18-5-8-34-13-19(18)35-22/h3-4,9-10,16,25H,5-8,11-13H2,1-2H3. The number of carbonyl (C=O) groups excluding carboxylic acids is 2. The lowest BCUT2D eigenvalue weighted by Crippen LogP contribution is -2.57. The van der Waals surface area contributed by atoms with Crippen LogP contribution in [0.1, 0.15) is 26.8 Å². The van der Waals surface area contributed by atoms with E-state index < -0.39 is 16.1 Å². The smallest absolute Gasteiger partial charge is 0.283 e. The second-order valence-electron chi connectivity index (χ2n) is 9.06. The van der Waals surface area contributed by atoms with Crippen LogP contribution < -0.4 is 0 Å². The number of aromatic nitrogens is 2. The quantitative estimate of drug-likeness (QED) is 0.520. The van der Waals surface area contributed by atoms with E-state index in [0.717, 1.165) is 10.6 Å². The summed E-state index contributed by atoms with van der Waals surface area (Å²) in [6.07, 6.45) is 0.657. The van der Waals surface area contributed by atoms with Crippen molar-refractivity contribution in [1.82, 2.24) is 24.1 Å². The molecule has 13 heteroatoms. The molecule has 0 radical (unpaired) electrons. The van der Waals surface area contributed by atoms with E-state index in [1.165, 1.54) is 20.5 Å². The van der Waals surface area contributed by atoms with Crippen LogP contribution in [-0.4, -0.2) is 90.7 Å². The average Bonchev–Trinajstić information content (AvgIpc) is 3.48. The summed E-state index contributed by atoms with van der Waals surface area (Å²) in [5.41, 5.74) is 1.53. The summed E-state index contributed by atoms with van der Waals surface area (Å²) >= 11 is 7.36. The Kier molecular flexibility index (Phi) is 6.81. The summed E-state index contributed by atoms with van der Waals surface area (Å²) in [6, 6.07) is 6.03. The highest BCUT2D eigenvalue weighted by Gasteiger charge is 2.39. The number of halogens is 1. The van der Waals surface area contributed by atoms with Crippen molar-refractivity contribution in [2.24, 2.45) is 0 Å². The van der Waals surface area contributed by atoms with Crippen molar-refractivity contribution >= 4 is 55.7 Å². The van der Waals surface area contributed by atoms with Crippen molar-refractivity contribution in [2.45, 2.75) is 30.5 Å². The second-order valence-corrected chi connectivity index (χ2v) is 12.5. The van der Waals surface area contributed by atoms with E-state index >= 15 is 0 Å². The largest absolute Gasteiger partial charge is 0.375 e. The highest BCUT2D eigenvalue weighted by Crippen LogP contribution is 2.29. The molecule has 0 bridgehead atoms. The molecular formula is C23H26ClN5O5S2. The maximum absolute atomic E-state index is 13.5. The van der Waals surface area contributed by atoms with Crippen molar-refractivity contribution in [3.63, 3.8) is 0 Å². The number of fused-ring (bicyclic) bond motifs is 2. The monoisotopic (exact) mass is 551 g/mol. The van der Waals surface area contributed by atoms with Gasteiger partial charge in [0.15, 0.2) is 5.01 Å². The first-order chi connectivity index (χ1) is 17.1. The Hall–Kier alpha value is -2.51. The summed E-state index contributed by atoms with van der Waals surface area (Å²) in [5.74, 6) is -0.479. The molecule has 2 aliphatic heterocycles. The zero-order chi connectivity index (χ0) is 25.6. The maximum Gasteiger partial charge on any atom is 0.283 e. The number of hydrogen-bond donors (Lipinski definition) is 1. The molecule has 0 aliphatic carbocycles. The van der Waals surface area contributed by atoms with Gasteiger partial charge in [0.25, 0.3) is 15.9 Å². The lowest BCUT2D eigenvalue weighted by atomic mass is 10.1. The number of nitrogens with one attached hydrogen (secondary N) is 1. The molecule has 1 atom stereocenters. The van der Waals surface area contributed by atoms with Crippen LogP contribution in [0.25, 0.3) is 10.9 Å². The van der Waals surface area contributed by atoms with E-state index in [1.807, 2.05) is 0 Å². The van der Waals surface area contributed by atoms with Crippen LogP contribution in [0.15, 0.2) is 29.3 Å². The lowest BCUT2D eigenvalue weighted by molar-refractivity contribution is -0.130. The Morgan fingerprint density at radius 2 is 2.08 bits per heavy atom. The van der Waals surface area contributed by atoms with Gasteiger partial charge in [0.05, 0.1) is 29.8 Å². The lowest BCUT2D eigenvalue weighted by Gasteiger charge is -2.40. The fourth-order valence-corrected chi connectivity index (χ4v) is 7.13. The number of sulfonamides is 1. The van der Waals surface area contributed by atoms with E-state index in [0.29, 0.717) is 40.6 Å². The molecule has 4 heterocycles. The summed E-state index contributed by atoms with van der Waals surface area (Å²) in [6.45, 7) is 1.25. The molecule has 1 N–H and O–H groups in total. The topological polar surface area (TPSA) is 116 Å². The first-order valence-corrected chi connectivity index (χ1v) is 14.1. The highest BCUT2D eigenvalue weighted by molar-refractivity contribution is 7.89. The molecule has 1 unspecified atom stereocenters. The van der Waals surface area contributed by atoms with Crippen molar-refractivity contribution in [3.05, 3.63) is 44.9 Å². The third-order valence-corrected chi connectivity index (χ3v) is 9.55. The molecule has 3 aromatic rings. The van der Waals surface area contributed by atoms with Gasteiger partial charge in [-0.1, -0.05) is 11.6 Å². The number of piperazine rings is 1. The van der Waals surface area contributed by atoms with Gasteiger partial charge in [-0.15, -0.1) is 11.3 Å². The molecule has 10 nitrogen and oxygen atoms in total. The van der Waals surface area contributed by atoms with Crippen LogP contribution in [0, 0.1) is 0 Å². The van der Waals surface area contributed by atoms with Gasteiger partial charge in [0.2, 0.25) is 5.91 Å². The number of benzene rings is 1. The average molecular weight is 552 g/mol. The van der Waals surface area contributed by atoms with Crippen LogP contribution in [0.3, 0.4) is 0 Å². The third-order valence-electron chi connectivity index (χ3n) is 6.47. The molecule has 0 spiro atoms. The second kappa shape index (κ2) is 9.75. The first kappa shape index (κ1) is 25.2. The molecular weight excluding hydrogens is 526 g/mol. The molecule has 2 amide bonds. The molecule has 1 fully saturated rings. The van der Waals surface area contributed by atoms with Crippen LogP contribution in [-0.2, 0) is 32.6 Å². The third kappa shape index (κ3) is 4.75. The Morgan fingerprint density at radius 1 is 1.28 bits per heavy atom. The minimum absolute atomic E-state index is 0.00126. The van der Waals surface area contributed by atoms with Gasteiger partial charge >= 0.3 is 0 Å². The van der Waals surface area contributed by atoms with Gasteiger partial charge in [0, 0.05) is 62.5 Å². The first-order valence-electron chi connectivity index (χ1n) is 11.5. The van der Waals surface area contributed by atoms with Crippen molar-refractivity contribution in [1.29, 1.82) is 0 Å². The minimum atomic E-state index is -3.90. The van der Waals surface area contributed by atoms with E-state index in [1.54, 1.807) is 43.3 Å². The fourth-order valence-electron chi connectivity index (χ4n) is 4.47. The van der Waals surface area contributed by atoms with Crippen molar-refractivity contribution < 1.29 is 22.7 Å². The number of ether oxygens (including phenoxy) is 1. The molecule has 36 heavy (non-hydrogen) atoms. The number of rotatable bonds is 5. The van der Waals surface area contributed by atoms with Crippen LogP contribution in [0.4, 0.5) is 0 Å². The van der Waals surface area contributed by atoms with E-state index in [4.69, 9.17) is 16.3 Å². The predicted octanol–water partition coefficient (Wildman–Crippen LogP) is 2.34. The molecule has 2 aromatic heterocycles. The Bertz CT molecular complexity index is 1410. The zero-order valence-electron chi connectivity index (χ0n) is 19.9. The fraction of sp³-hybridized carbons (Fsp3) is 0.435. The number of nitrogens with zero attached hydrogens (tertiary/aromatic N) is 4. The Balaban J connectivity index is 1.42. The summed E-state index contributed by atoms with van der Waals surface area (Å²) in [5, 5.41) is 1.59. The Labute approximate surface area is 217 Å². The molecule has 1 aromatic carbocycles. The van der Waals surface area contributed by atoms with Crippen molar-refractivity contribution in [2.75, 3.05) is 40.3 Å². The maximum atomic E-state index is 13.5. The molecule has 192 valence electrons.